The van der Waals surface area contributed by atoms with E-state index >= 15 is 0 Å². The molecule has 1 aromatic carbocycles. The molecule has 0 aromatic heterocycles. The van der Waals surface area contributed by atoms with Crippen LogP contribution < -0.4 is 10.6 Å². The predicted molar refractivity (Wildman–Crippen MR) is 139 cm³/mol. The summed E-state index contributed by atoms with van der Waals surface area (Å²) in [5.74, 6) is 0.372. The number of nitrogens with one attached hydrogen (secondary N) is 2. The van der Waals surface area contributed by atoms with E-state index in [4.69, 9.17) is 11.6 Å². The zero-order valence-corrected chi connectivity index (χ0v) is 22.0. The van der Waals surface area contributed by atoms with Crippen molar-refractivity contribution in [1.82, 2.24) is 10.6 Å². The van der Waals surface area contributed by atoms with Gasteiger partial charge in [-0.25, -0.2) is 8.78 Å². The molecule has 2 heterocycles. The molecule has 0 radical (unpaired) electrons. The van der Waals surface area contributed by atoms with E-state index in [-0.39, 0.29) is 5.38 Å². The highest BCUT2D eigenvalue weighted by molar-refractivity contribution is 7.99. The molecule has 6 unspecified atom stereocenters. The normalized spacial score (nSPS) is 27.5. The summed E-state index contributed by atoms with van der Waals surface area (Å²) in [5.41, 5.74) is 1.92. The van der Waals surface area contributed by atoms with E-state index in [1.54, 1.807) is 6.07 Å². The van der Waals surface area contributed by atoms with Gasteiger partial charge >= 0.3 is 0 Å². The van der Waals surface area contributed by atoms with Crippen LogP contribution in [0.25, 0.3) is 0 Å². The lowest BCUT2D eigenvalue weighted by molar-refractivity contribution is 0.353. The Kier molecular flexibility index (Phi) is 10.8. The topological polar surface area (TPSA) is 24.1 Å². The second kappa shape index (κ2) is 13.3. The molecule has 3 rings (SSSR count). The van der Waals surface area contributed by atoms with Crippen LogP contribution in [-0.2, 0) is 6.42 Å². The van der Waals surface area contributed by atoms with Gasteiger partial charge in [-0.05, 0) is 80.9 Å². The number of rotatable bonds is 11. The third-order valence-corrected chi connectivity index (χ3v) is 8.99. The summed E-state index contributed by atoms with van der Waals surface area (Å²) in [7, 11) is 0. The molecule has 186 valence electrons. The number of thioether (sulfide) groups is 1. The van der Waals surface area contributed by atoms with Gasteiger partial charge in [-0.15, -0.1) is 11.6 Å². The number of aryl methyl sites for hydroxylation is 1. The maximum absolute atomic E-state index is 13.8. The number of halogens is 3. The molecule has 0 saturated carbocycles. The first-order valence-electron chi connectivity index (χ1n) is 12.7. The molecule has 2 N–H and O–H groups in total. The molecule has 33 heavy (non-hydrogen) atoms. The van der Waals surface area contributed by atoms with Crippen LogP contribution in [-0.4, -0.2) is 35.5 Å². The summed E-state index contributed by atoms with van der Waals surface area (Å²) in [6.45, 7) is 5.61. The van der Waals surface area contributed by atoms with Crippen molar-refractivity contribution >= 4 is 23.4 Å². The van der Waals surface area contributed by atoms with Crippen LogP contribution in [0.3, 0.4) is 0 Å². The van der Waals surface area contributed by atoms with Gasteiger partial charge in [-0.1, -0.05) is 39.2 Å². The zero-order valence-electron chi connectivity index (χ0n) is 20.4. The molecule has 2 aliphatic heterocycles. The van der Waals surface area contributed by atoms with Gasteiger partial charge in [-0.3, -0.25) is 0 Å². The highest BCUT2D eigenvalue weighted by Gasteiger charge is 2.35. The van der Waals surface area contributed by atoms with Crippen molar-refractivity contribution in [3.8, 4) is 0 Å². The van der Waals surface area contributed by atoms with Crippen molar-refractivity contribution in [3.05, 3.63) is 47.2 Å². The molecular weight excluding hydrogens is 458 g/mol. The minimum atomic E-state index is -0.504. The molecule has 2 aliphatic rings. The highest BCUT2D eigenvalue weighted by Crippen LogP contribution is 2.32. The van der Waals surface area contributed by atoms with E-state index in [0.29, 0.717) is 41.2 Å². The van der Waals surface area contributed by atoms with Gasteiger partial charge in [0, 0.05) is 29.1 Å². The van der Waals surface area contributed by atoms with Crippen LogP contribution in [0.1, 0.15) is 70.8 Å². The van der Waals surface area contributed by atoms with Gasteiger partial charge in [0.2, 0.25) is 0 Å². The summed E-state index contributed by atoms with van der Waals surface area (Å²) in [4.78, 5) is 0. The van der Waals surface area contributed by atoms with E-state index in [2.05, 4.69) is 36.8 Å². The number of hydrogen-bond donors (Lipinski definition) is 2. The lowest BCUT2D eigenvalue weighted by atomic mass is 9.91. The SMILES string of the molecule is CCC(CC(C)SC)C1NC(C2CCC(CCCCc3ccc(F)cc3F)CCN2)=CC1Cl. The number of benzene rings is 1. The fourth-order valence-electron chi connectivity index (χ4n) is 5.42. The Morgan fingerprint density at radius 1 is 1.18 bits per heavy atom. The monoisotopic (exact) mass is 498 g/mol. The Labute approximate surface area is 208 Å². The Bertz CT molecular complexity index is 774. The van der Waals surface area contributed by atoms with Crippen molar-refractivity contribution in [2.45, 2.75) is 94.3 Å². The molecule has 2 nitrogen and oxygen atoms in total. The quantitative estimate of drug-likeness (QED) is 0.252. The molecule has 1 saturated heterocycles. The minimum Gasteiger partial charge on any atom is -0.382 e. The maximum atomic E-state index is 13.8. The van der Waals surface area contributed by atoms with E-state index in [9.17, 15) is 8.78 Å². The Morgan fingerprint density at radius 2 is 2.00 bits per heavy atom. The summed E-state index contributed by atoms with van der Waals surface area (Å²) < 4.78 is 26.9. The van der Waals surface area contributed by atoms with Gasteiger partial charge in [-0.2, -0.15) is 11.8 Å². The van der Waals surface area contributed by atoms with Crippen LogP contribution in [0.2, 0.25) is 0 Å². The van der Waals surface area contributed by atoms with Crippen LogP contribution in [0.5, 0.6) is 0 Å². The van der Waals surface area contributed by atoms with E-state index in [1.807, 2.05) is 11.8 Å². The van der Waals surface area contributed by atoms with E-state index in [0.717, 1.165) is 38.3 Å². The summed E-state index contributed by atoms with van der Waals surface area (Å²) >= 11 is 8.73. The van der Waals surface area contributed by atoms with Crippen molar-refractivity contribution in [2.24, 2.45) is 11.8 Å². The van der Waals surface area contributed by atoms with Crippen molar-refractivity contribution in [1.29, 1.82) is 0 Å². The molecule has 0 bridgehead atoms. The molecular formula is C27H41ClF2N2S. The molecule has 6 atom stereocenters. The van der Waals surface area contributed by atoms with Crippen LogP contribution >= 0.6 is 23.4 Å². The van der Waals surface area contributed by atoms with Crippen LogP contribution in [0, 0.1) is 23.5 Å². The highest BCUT2D eigenvalue weighted by atomic mass is 35.5. The smallest absolute Gasteiger partial charge is 0.129 e. The molecule has 0 amide bonds. The lowest BCUT2D eigenvalue weighted by Gasteiger charge is -2.29. The lowest BCUT2D eigenvalue weighted by Crippen LogP contribution is -2.42. The van der Waals surface area contributed by atoms with Crippen molar-refractivity contribution < 1.29 is 8.78 Å². The number of unbranched alkanes of at least 4 members (excludes halogenated alkanes) is 1. The van der Waals surface area contributed by atoms with E-state index in [1.165, 1.54) is 37.4 Å². The van der Waals surface area contributed by atoms with E-state index < -0.39 is 11.6 Å². The third-order valence-electron chi connectivity index (χ3n) is 7.59. The summed E-state index contributed by atoms with van der Waals surface area (Å²) in [6, 6.07) is 4.61. The first-order chi connectivity index (χ1) is 15.9. The van der Waals surface area contributed by atoms with Crippen LogP contribution in [0.4, 0.5) is 8.78 Å². The first-order valence-corrected chi connectivity index (χ1v) is 14.5. The molecule has 1 aromatic rings. The van der Waals surface area contributed by atoms with Gasteiger partial charge in [0.1, 0.15) is 11.6 Å². The molecule has 1 fully saturated rings. The third kappa shape index (κ3) is 7.86. The minimum absolute atomic E-state index is 0.0618. The van der Waals surface area contributed by atoms with Crippen molar-refractivity contribution in [3.63, 3.8) is 0 Å². The molecule has 6 heteroatoms. The predicted octanol–water partition coefficient (Wildman–Crippen LogP) is 7.07. The number of alkyl halides is 1. The largest absolute Gasteiger partial charge is 0.382 e. The molecule has 0 spiro atoms. The van der Waals surface area contributed by atoms with Gasteiger partial charge < -0.3 is 10.6 Å². The summed E-state index contributed by atoms with van der Waals surface area (Å²) in [5, 5.41) is 8.28. The van der Waals surface area contributed by atoms with Gasteiger partial charge in [0.25, 0.3) is 0 Å². The number of hydrogen-bond acceptors (Lipinski definition) is 3. The second-order valence-corrected chi connectivity index (χ2v) is 11.7. The van der Waals surface area contributed by atoms with Crippen LogP contribution in [0.15, 0.2) is 30.0 Å². The first kappa shape index (κ1) is 26.8. The fourth-order valence-corrected chi connectivity index (χ4v) is 6.26. The standard InChI is InChI=1S/C27H41ClF2N2S/c1-4-20(15-18(2)33-3)27-23(28)17-26(32-27)25-12-9-19(13-14-31-25)7-5-6-8-21-10-11-22(29)16-24(21)30/h10-11,16-20,23,25,27,31-32H,4-9,12-15H2,1-3H3. The molecule has 0 aliphatic carbocycles. The average Bonchev–Trinajstić information content (AvgIpc) is 3.02. The zero-order chi connectivity index (χ0) is 23.8. The van der Waals surface area contributed by atoms with Gasteiger partial charge in [0.05, 0.1) is 5.38 Å². The second-order valence-electron chi connectivity index (χ2n) is 9.91. The Morgan fingerprint density at radius 3 is 2.73 bits per heavy atom. The maximum Gasteiger partial charge on any atom is 0.129 e. The summed E-state index contributed by atoms with van der Waals surface area (Å²) in [6.07, 6.45) is 14.2. The van der Waals surface area contributed by atoms with Crippen molar-refractivity contribution in [2.75, 3.05) is 12.8 Å². The fraction of sp³-hybridized carbons (Fsp3) is 0.704. The van der Waals surface area contributed by atoms with Gasteiger partial charge in [0.15, 0.2) is 0 Å². The average molecular weight is 499 g/mol. The Hall–Kier alpha value is -0.780. The Balaban J connectivity index is 1.42.